The maximum absolute atomic E-state index is 14.9. The molecule has 158 valence electrons. The van der Waals surface area contributed by atoms with E-state index in [1.54, 1.807) is 6.20 Å². The molecule has 5 aromatic rings. The molecule has 4 heteroatoms. The van der Waals surface area contributed by atoms with Gasteiger partial charge < -0.3 is 9.30 Å². The zero-order valence-corrected chi connectivity index (χ0v) is 18.7. The van der Waals surface area contributed by atoms with Crippen LogP contribution in [0.1, 0.15) is 0 Å². The molecule has 1 unspecified atom stereocenters. The van der Waals surface area contributed by atoms with Crippen molar-refractivity contribution in [3.05, 3.63) is 122 Å². The number of para-hydroxylation sites is 1. The summed E-state index contributed by atoms with van der Waals surface area (Å²) in [5.74, 6) is 1.30. The van der Waals surface area contributed by atoms with Crippen molar-refractivity contribution in [2.45, 2.75) is 0 Å². The molecule has 0 radical (unpaired) electrons. The van der Waals surface area contributed by atoms with Crippen LogP contribution in [0.25, 0.3) is 22.3 Å². The summed E-state index contributed by atoms with van der Waals surface area (Å²) in [6, 6.07) is 35.7. The summed E-state index contributed by atoms with van der Waals surface area (Å²) >= 11 is 0. The van der Waals surface area contributed by atoms with Gasteiger partial charge in [-0.05, 0) is 53.1 Å². The molecular formula is C29H20NO2P. The number of nitrogens with zero attached hydrogens (tertiary/aromatic N) is 1. The highest BCUT2D eigenvalue weighted by atomic mass is 31.2. The molecule has 0 saturated heterocycles. The van der Waals surface area contributed by atoms with Gasteiger partial charge in [0.2, 0.25) is 0 Å². The van der Waals surface area contributed by atoms with Gasteiger partial charge in [0.05, 0.1) is 10.6 Å². The Bertz CT molecular complexity index is 1510. The Morgan fingerprint density at radius 1 is 0.576 bits per heavy atom. The van der Waals surface area contributed by atoms with Crippen LogP contribution in [0.4, 0.5) is 0 Å². The van der Waals surface area contributed by atoms with E-state index >= 15 is 0 Å². The van der Waals surface area contributed by atoms with Crippen molar-refractivity contribution in [3.63, 3.8) is 0 Å². The predicted octanol–water partition coefficient (Wildman–Crippen LogP) is 6.16. The van der Waals surface area contributed by atoms with Crippen molar-refractivity contribution in [1.82, 2.24) is 4.98 Å². The Kier molecular flexibility index (Phi) is 4.71. The van der Waals surface area contributed by atoms with Gasteiger partial charge in [-0.25, -0.2) is 0 Å². The molecule has 0 bridgehead atoms. The third kappa shape index (κ3) is 3.29. The third-order valence-corrected chi connectivity index (χ3v) is 9.13. The minimum Gasteiger partial charge on any atom is -0.456 e. The van der Waals surface area contributed by atoms with Gasteiger partial charge in [0, 0.05) is 23.3 Å². The molecule has 33 heavy (non-hydrogen) atoms. The van der Waals surface area contributed by atoms with Crippen LogP contribution in [0, 0.1) is 0 Å². The molecule has 4 aromatic carbocycles. The predicted molar refractivity (Wildman–Crippen MR) is 135 cm³/mol. The lowest BCUT2D eigenvalue weighted by atomic mass is 10.00. The van der Waals surface area contributed by atoms with Crippen molar-refractivity contribution in [2.75, 3.05) is 0 Å². The lowest BCUT2D eigenvalue weighted by Gasteiger charge is -2.29. The molecule has 0 saturated carbocycles. The van der Waals surface area contributed by atoms with Gasteiger partial charge in [0.25, 0.3) is 0 Å². The number of ether oxygens (including phenoxy) is 1. The topological polar surface area (TPSA) is 39.2 Å². The fourth-order valence-electron chi connectivity index (χ4n) is 4.41. The highest BCUT2D eigenvalue weighted by Crippen LogP contribution is 2.52. The van der Waals surface area contributed by atoms with E-state index in [1.807, 2.05) is 97.2 Å². The van der Waals surface area contributed by atoms with Crippen molar-refractivity contribution in [2.24, 2.45) is 0 Å². The van der Waals surface area contributed by atoms with Crippen LogP contribution in [0.15, 0.2) is 122 Å². The quantitative estimate of drug-likeness (QED) is 0.306. The van der Waals surface area contributed by atoms with E-state index in [0.29, 0.717) is 11.5 Å². The first kappa shape index (κ1) is 19.7. The summed E-state index contributed by atoms with van der Waals surface area (Å²) in [7, 11) is -3.10. The normalized spacial score (nSPS) is 16.4. The lowest BCUT2D eigenvalue weighted by Crippen LogP contribution is -2.30. The smallest absolute Gasteiger partial charge is 0.178 e. The summed E-state index contributed by atoms with van der Waals surface area (Å²) in [5.41, 5.74) is 4.20. The summed E-state index contributed by atoms with van der Waals surface area (Å²) in [5, 5.41) is 2.28. The average Bonchev–Trinajstić information content (AvgIpc) is 2.90. The van der Waals surface area contributed by atoms with E-state index in [9.17, 15) is 4.57 Å². The highest BCUT2D eigenvalue weighted by molar-refractivity contribution is 7.85. The molecule has 0 fully saturated rings. The zero-order valence-electron chi connectivity index (χ0n) is 17.8. The molecule has 1 atom stereocenters. The minimum atomic E-state index is -3.10. The average molecular weight is 445 g/mol. The molecule has 1 aliphatic rings. The fourth-order valence-corrected chi connectivity index (χ4v) is 7.29. The van der Waals surface area contributed by atoms with Crippen molar-refractivity contribution in [1.29, 1.82) is 0 Å². The molecule has 3 nitrogen and oxygen atoms in total. The summed E-state index contributed by atoms with van der Waals surface area (Å²) < 4.78 is 21.1. The SMILES string of the molecule is O=P1(c2ccccc2)c2ccccc2Oc2ccc(-c3cccc(-c4cccnc4)c3)cc21. The maximum atomic E-state index is 14.9. The van der Waals surface area contributed by atoms with Gasteiger partial charge in [0.1, 0.15) is 11.5 Å². The van der Waals surface area contributed by atoms with Gasteiger partial charge >= 0.3 is 0 Å². The molecule has 0 aliphatic carbocycles. The molecule has 0 amide bonds. The number of pyridine rings is 1. The van der Waals surface area contributed by atoms with Gasteiger partial charge in [-0.1, -0.05) is 72.8 Å². The second-order valence-electron chi connectivity index (χ2n) is 8.02. The minimum absolute atomic E-state index is 0.646. The van der Waals surface area contributed by atoms with Crippen LogP contribution >= 0.6 is 7.14 Å². The van der Waals surface area contributed by atoms with E-state index in [1.165, 1.54) is 0 Å². The monoisotopic (exact) mass is 445 g/mol. The van der Waals surface area contributed by atoms with E-state index in [-0.39, 0.29) is 0 Å². The number of rotatable bonds is 3. The van der Waals surface area contributed by atoms with Crippen molar-refractivity contribution >= 4 is 23.1 Å². The lowest BCUT2D eigenvalue weighted by molar-refractivity contribution is 0.485. The Balaban J connectivity index is 1.54. The first-order valence-electron chi connectivity index (χ1n) is 10.8. The molecule has 1 aliphatic heterocycles. The number of benzene rings is 4. The van der Waals surface area contributed by atoms with Crippen LogP contribution in [-0.2, 0) is 4.57 Å². The summed E-state index contributed by atoms with van der Waals surface area (Å²) in [6.45, 7) is 0. The second kappa shape index (κ2) is 7.88. The molecule has 0 N–H and O–H groups in total. The molecule has 6 rings (SSSR count). The van der Waals surface area contributed by atoms with Crippen LogP contribution in [0.5, 0.6) is 11.5 Å². The molecular weight excluding hydrogens is 425 g/mol. The third-order valence-electron chi connectivity index (χ3n) is 6.03. The standard InChI is InChI=1S/C29H20NO2P/c31-33(25-11-2-1-3-12-25)28-14-5-4-13-26(28)32-27-16-15-23(19-29(27)33)21-8-6-9-22(18-21)24-10-7-17-30-20-24/h1-20H. The van der Waals surface area contributed by atoms with Crippen LogP contribution in [0.3, 0.4) is 0 Å². The number of fused-ring (bicyclic) bond motifs is 2. The molecule has 2 heterocycles. The van der Waals surface area contributed by atoms with E-state index < -0.39 is 7.14 Å². The van der Waals surface area contributed by atoms with Crippen LogP contribution in [-0.4, -0.2) is 4.98 Å². The van der Waals surface area contributed by atoms with E-state index in [4.69, 9.17) is 4.74 Å². The van der Waals surface area contributed by atoms with E-state index in [2.05, 4.69) is 23.2 Å². The first-order chi connectivity index (χ1) is 16.2. The van der Waals surface area contributed by atoms with Crippen LogP contribution in [0.2, 0.25) is 0 Å². The number of aromatic nitrogens is 1. The van der Waals surface area contributed by atoms with Crippen molar-refractivity contribution < 1.29 is 9.30 Å². The van der Waals surface area contributed by atoms with Gasteiger partial charge in [-0.15, -0.1) is 0 Å². The zero-order chi connectivity index (χ0) is 22.3. The molecule has 1 aromatic heterocycles. The Hall–Kier alpha value is -3.94. The van der Waals surface area contributed by atoms with Gasteiger partial charge in [0.15, 0.2) is 7.14 Å². The highest BCUT2D eigenvalue weighted by Gasteiger charge is 2.39. The Morgan fingerprint density at radius 3 is 2.09 bits per heavy atom. The van der Waals surface area contributed by atoms with Crippen molar-refractivity contribution in [3.8, 4) is 33.8 Å². The van der Waals surface area contributed by atoms with Gasteiger partial charge in [-0.2, -0.15) is 0 Å². The Morgan fingerprint density at radius 2 is 1.27 bits per heavy atom. The number of hydrogen-bond acceptors (Lipinski definition) is 3. The van der Waals surface area contributed by atoms with E-state index in [0.717, 1.165) is 38.2 Å². The summed E-state index contributed by atoms with van der Waals surface area (Å²) in [6.07, 6.45) is 3.64. The second-order valence-corrected chi connectivity index (χ2v) is 10.7. The largest absolute Gasteiger partial charge is 0.456 e. The Labute approximate surface area is 192 Å². The maximum Gasteiger partial charge on any atom is 0.178 e. The number of hydrogen-bond donors (Lipinski definition) is 0. The van der Waals surface area contributed by atoms with Gasteiger partial charge in [-0.3, -0.25) is 4.98 Å². The van der Waals surface area contributed by atoms with Crippen LogP contribution < -0.4 is 20.7 Å². The first-order valence-corrected chi connectivity index (χ1v) is 12.5. The molecule has 0 spiro atoms. The summed E-state index contributed by atoms with van der Waals surface area (Å²) in [4.78, 5) is 4.24. The fraction of sp³-hybridized carbons (Fsp3) is 0.